The van der Waals surface area contributed by atoms with Crippen molar-refractivity contribution in [3.05, 3.63) is 0 Å². The third kappa shape index (κ3) is 5.71. The molecule has 140 valence electrons. The highest BCUT2D eigenvalue weighted by molar-refractivity contribution is 14.0. The highest BCUT2D eigenvalue weighted by Gasteiger charge is 2.31. The molecule has 2 atom stereocenters. The van der Waals surface area contributed by atoms with Crippen LogP contribution in [0.1, 0.15) is 32.1 Å². The first-order valence-electron chi connectivity index (χ1n) is 9.29. The molecule has 3 heterocycles. The van der Waals surface area contributed by atoms with Crippen LogP contribution in [-0.4, -0.2) is 81.0 Å². The molecule has 0 spiro atoms. The van der Waals surface area contributed by atoms with Crippen molar-refractivity contribution in [1.82, 2.24) is 9.80 Å². The van der Waals surface area contributed by atoms with E-state index in [9.17, 15) is 0 Å². The van der Waals surface area contributed by atoms with Crippen LogP contribution in [0.15, 0.2) is 4.99 Å². The fourth-order valence-corrected chi connectivity index (χ4v) is 3.91. The maximum Gasteiger partial charge on any atom is 0.191 e. The third-order valence-electron chi connectivity index (χ3n) is 5.39. The van der Waals surface area contributed by atoms with Crippen molar-refractivity contribution in [2.45, 2.75) is 38.1 Å². The summed E-state index contributed by atoms with van der Waals surface area (Å²) in [6, 6.07) is 0.437. The van der Waals surface area contributed by atoms with Crippen molar-refractivity contribution in [3.8, 4) is 0 Å². The van der Waals surface area contributed by atoms with Gasteiger partial charge < -0.3 is 20.1 Å². The first kappa shape index (κ1) is 20.2. The van der Waals surface area contributed by atoms with E-state index in [1.807, 2.05) is 0 Å². The lowest BCUT2D eigenvalue weighted by molar-refractivity contribution is 0.00365. The second-order valence-electron chi connectivity index (χ2n) is 6.94. The Morgan fingerprint density at radius 2 is 1.71 bits per heavy atom. The third-order valence-corrected chi connectivity index (χ3v) is 5.39. The number of rotatable bonds is 4. The molecule has 0 aromatic carbocycles. The maximum atomic E-state index is 6.30. The number of halogens is 1. The van der Waals surface area contributed by atoms with Gasteiger partial charge in [0.1, 0.15) is 0 Å². The van der Waals surface area contributed by atoms with E-state index in [0.717, 1.165) is 71.5 Å². The van der Waals surface area contributed by atoms with Gasteiger partial charge in [-0.2, -0.15) is 0 Å². The van der Waals surface area contributed by atoms with Gasteiger partial charge in [-0.1, -0.05) is 12.8 Å². The number of hydrogen-bond donors (Lipinski definition) is 1. The van der Waals surface area contributed by atoms with Gasteiger partial charge >= 0.3 is 0 Å². The maximum absolute atomic E-state index is 6.30. The van der Waals surface area contributed by atoms with Crippen molar-refractivity contribution >= 4 is 29.9 Å². The Morgan fingerprint density at radius 1 is 1.00 bits per heavy atom. The molecule has 0 aliphatic carbocycles. The van der Waals surface area contributed by atoms with Crippen LogP contribution in [0.25, 0.3) is 0 Å². The van der Waals surface area contributed by atoms with Gasteiger partial charge in [0, 0.05) is 44.7 Å². The van der Waals surface area contributed by atoms with Crippen LogP contribution in [0.2, 0.25) is 0 Å². The van der Waals surface area contributed by atoms with E-state index in [4.69, 9.17) is 20.2 Å². The molecular weight excluding hydrogens is 419 g/mol. The van der Waals surface area contributed by atoms with Crippen LogP contribution in [0.5, 0.6) is 0 Å². The summed E-state index contributed by atoms with van der Waals surface area (Å²) in [6.07, 6.45) is 6.25. The first-order valence-corrected chi connectivity index (χ1v) is 9.29. The van der Waals surface area contributed by atoms with E-state index >= 15 is 0 Å². The molecule has 0 bridgehead atoms. The molecule has 7 heteroatoms. The second kappa shape index (κ2) is 10.8. The number of nitrogens with two attached hydrogens (primary N) is 1. The van der Waals surface area contributed by atoms with Gasteiger partial charge in [0.15, 0.2) is 5.96 Å². The number of hydrogen-bond acceptors (Lipinski definition) is 4. The minimum Gasteiger partial charge on any atom is -0.381 e. The number of guanidine groups is 1. The molecule has 3 aliphatic heterocycles. The average molecular weight is 452 g/mol. The molecule has 0 radical (unpaired) electrons. The van der Waals surface area contributed by atoms with Crippen LogP contribution in [0.3, 0.4) is 0 Å². The average Bonchev–Trinajstić information content (AvgIpc) is 2.97. The van der Waals surface area contributed by atoms with Gasteiger partial charge in [-0.05, 0) is 19.3 Å². The molecule has 6 nitrogen and oxygen atoms in total. The Hall–Kier alpha value is -0.120. The van der Waals surface area contributed by atoms with Gasteiger partial charge in [-0.3, -0.25) is 9.89 Å². The zero-order chi connectivity index (χ0) is 15.9. The van der Waals surface area contributed by atoms with Crippen molar-refractivity contribution in [2.24, 2.45) is 16.6 Å². The van der Waals surface area contributed by atoms with Crippen molar-refractivity contribution in [2.75, 3.05) is 59.2 Å². The summed E-state index contributed by atoms with van der Waals surface area (Å²) in [7, 11) is 0. The summed E-state index contributed by atoms with van der Waals surface area (Å²) >= 11 is 0. The van der Waals surface area contributed by atoms with Crippen LogP contribution in [-0.2, 0) is 9.47 Å². The summed E-state index contributed by atoms with van der Waals surface area (Å²) < 4.78 is 11.1. The Morgan fingerprint density at radius 3 is 2.33 bits per heavy atom. The van der Waals surface area contributed by atoms with E-state index in [2.05, 4.69) is 9.80 Å². The Labute approximate surface area is 163 Å². The van der Waals surface area contributed by atoms with Crippen LogP contribution in [0, 0.1) is 5.92 Å². The number of likely N-dealkylation sites (tertiary alicyclic amines) is 1. The fraction of sp³-hybridized carbons (Fsp3) is 0.941. The molecule has 3 rings (SSSR count). The molecule has 2 N–H and O–H groups in total. The SMILES string of the molecule is I.NC(=NCC(C1CCOC1)N1CCOCC1)N1CCCCCC1. The molecule has 3 saturated heterocycles. The monoisotopic (exact) mass is 452 g/mol. The van der Waals surface area contributed by atoms with Gasteiger partial charge in [-0.15, -0.1) is 24.0 Å². The van der Waals surface area contributed by atoms with Crippen molar-refractivity contribution in [3.63, 3.8) is 0 Å². The quantitative estimate of drug-likeness (QED) is 0.398. The van der Waals surface area contributed by atoms with E-state index < -0.39 is 0 Å². The highest BCUT2D eigenvalue weighted by Crippen LogP contribution is 2.22. The van der Waals surface area contributed by atoms with Crippen molar-refractivity contribution < 1.29 is 9.47 Å². The van der Waals surface area contributed by atoms with Gasteiger partial charge in [-0.25, -0.2) is 0 Å². The Kier molecular flexibility index (Phi) is 9.07. The molecule has 24 heavy (non-hydrogen) atoms. The largest absolute Gasteiger partial charge is 0.381 e. The first-order chi connectivity index (χ1) is 11.3. The lowest BCUT2D eigenvalue weighted by atomic mass is 9.97. The van der Waals surface area contributed by atoms with Crippen LogP contribution >= 0.6 is 24.0 Å². The zero-order valence-corrected chi connectivity index (χ0v) is 17.0. The number of aliphatic imine (C=N–C) groups is 1. The standard InChI is InChI=1S/C17H32N4O2.HI/c18-17(21-6-3-1-2-4-7-21)19-13-16(15-5-10-23-14-15)20-8-11-22-12-9-20;/h15-16H,1-14H2,(H2,18,19);1H. The fourth-order valence-electron chi connectivity index (χ4n) is 3.91. The molecule has 0 aromatic rings. The molecular formula is C17H33IN4O2. The van der Waals surface area contributed by atoms with E-state index in [-0.39, 0.29) is 24.0 Å². The number of morpholine rings is 1. The molecule has 0 aromatic heterocycles. The summed E-state index contributed by atoms with van der Waals surface area (Å²) in [5, 5.41) is 0. The predicted molar refractivity (Wildman–Crippen MR) is 107 cm³/mol. The normalized spacial score (nSPS) is 28.2. The summed E-state index contributed by atoms with van der Waals surface area (Å²) in [5.41, 5.74) is 6.30. The van der Waals surface area contributed by atoms with Gasteiger partial charge in [0.25, 0.3) is 0 Å². The molecule has 3 fully saturated rings. The number of nitrogens with zero attached hydrogens (tertiary/aromatic N) is 3. The number of ether oxygens (including phenoxy) is 2. The zero-order valence-electron chi connectivity index (χ0n) is 14.7. The second-order valence-corrected chi connectivity index (χ2v) is 6.94. The van der Waals surface area contributed by atoms with E-state index in [0.29, 0.717) is 12.0 Å². The molecule has 0 amide bonds. The minimum atomic E-state index is 0. The lowest BCUT2D eigenvalue weighted by Gasteiger charge is -2.36. The minimum absolute atomic E-state index is 0. The topological polar surface area (TPSA) is 63.3 Å². The lowest BCUT2D eigenvalue weighted by Crippen LogP contribution is -2.49. The summed E-state index contributed by atoms with van der Waals surface area (Å²) in [5.74, 6) is 1.32. The highest BCUT2D eigenvalue weighted by atomic mass is 127. The van der Waals surface area contributed by atoms with Gasteiger partial charge in [0.2, 0.25) is 0 Å². The van der Waals surface area contributed by atoms with Crippen LogP contribution in [0.4, 0.5) is 0 Å². The Balaban J connectivity index is 0.00000208. The van der Waals surface area contributed by atoms with Crippen LogP contribution < -0.4 is 5.73 Å². The Bertz CT molecular complexity index is 377. The molecule has 3 aliphatic rings. The smallest absolute Gasteiger partial charge is 0.191 e. The van der Waals surface area contributed by atoms with E-state index in [1.54, 1.807) is 0 Å². The summed E-state index contributed by atoms with van der Waals surface area (Å²) in [4.78, 5) is 9.59. The predicted octanol–water partition coefficient (Wildman–Crippen LogP) is 1.53. The van der Waals surface area contributed by atoms with Crippen molar-refractivity contribution in [1.29, 1.82) is 0 Å². The van der Waals surface area contributed by atoms with E-state index in [1.165, 1.54) is 25.7 Å². The summed E-state index contributed by atoms with van der Waals surface area (Å²) in [6.45, 7) is 8.31. The molecule has 2 unspecified atom stereocenters. The molecule has 0 saturated carbocycles. The van der Waals surface area contributed by atoms with Gasteiger partial charge in [0.05, 0.1) is 26.4 Å².